The molecule has 1 aromatic heterocycles. The van der Waals surface area contributed by atoms with Crippen LogP contribution in [0.25, 0.3) is 0 Å². The van der Waals surface area contributed by atoms with Crippen LogP contribution in [0.2, 0.25) is 0 Å². The summed E-state index contributed by atoms with van der Waals surface area (Å²) in [6, 6.07) is 0. The van der Waals surface area contributed by atoms with Crippen LogP contribution in [0.15, 0.2) is 4.21 Å². The van der Waals surface area contributed by atoms with Crippen molar-refractivity contribution in [2.24, 2.45) is 0 Å². The molecule has 1 heterocycles. The van der Waals surface area contributed by atoms with Crippen LogP contribution in [0.4, 0.5) is 5.69 Å². The van der Waals surface area contributed by atoms with Crippen LogP contribution in [-0.2, 0) is 14.6 Å². The molecule has 0 saturated heterocycles. The van der Waals surface area contributed by atoms with Gasteiger partial charge >= 0.3 is 5.97 Å². The Morgan fingerprint density at radius 3 is 2.50 bits per heavy atom. The van der Waals surface area contributed by atoms with Crippen molar-refractivity contribution in [3.05, 3.63) is 8.45 Å². The number of carbonyl (C=O) groups is 1. The number of ether oxygens (including phenoxy) is 1. The standard InChI is InChI=1S/C8H10INO4S2/c1-3-14-7(11)6-4(9)5(10)8(15-6)16(2,12)13/h3,10H2,1-2H3. The van der Waals surface area contributed by atoms with Gasteiger partial charge in [-0.2, -0.15) is 0 Å². The first-order valence-electron chi connectivity index (χ1n) is 4.24. The Balaban J connectivity index is 3.31. The van der Waals surface area contributed by atoms with Crippen molar-refractivity contribution in [2.75, 3.05) is 18.6 Å². The highest BCUT2D eigenvalue weighted by molar-refractivity contribution is 14.1. The highest BCUT2D eigenvalue weighted by atomic mass is 127. The molecule has 0 aliphatic carbocycles. The predicted octanol–water partition coefficient (Wildman–Crippen LogP) is 1.52. The molecule has 0 fully saturated rings. The fourth-order valence-corrected chi connectivity index (χ4v) is 4.29. The van der Waals surface area contributed by atoms with Crippen LogP contribution in [-0.4, -0.2) is 27.2 Å². The van der Waals surface area contributed by atoms with E-state index in [-0.39, 0.29) is 21.4 Å². The quantitative estimate of drug-likeness (QED) is 0.640. The van der Waals surface area contributed by atoms with Gasteiger partial charge in [-0.05, 0) is 29.5 Å². The second-order valence-corrected chi connectivity index (χ2v) is 7.25. The van der Waals surface area contributed by atoms with Crippen LogP contribution in [0, 0.1) is 3.57 Å². The molecule has 90 valence electrons. The number of halogens is 1. The van der Waals surface area contributed by atoms with Gasteiger partial charge in [0.05, 0.1) is 15.9 Å². The molecule has 0 radical (unpaired) electrons. The minimum absolute atomic E-state index is 0.0138. The Morgan fingerprint density at radius 2 is 2.12 bits per heavy atom. The lowest BCUT2D eigenvalue weighted by Crippen LogP contribution is -2.04. The molecule has 0 aromatic carbocycles. The number of carbonyl (C=O) groups excluding carboxylic acids is 1. The maximum absolute atomic E-state index is 11.5. The SMILES string of the molecule is CCOC(=O)c1sc(S(C)(=O)=O)c(N)c1I. The molecule has 0 amide bonds. The summed E-state index contributed by atoms with van der Waals surface area (Å²) >= 11 is 2.69. The molecule has 8 heteroatoms. The average Bonchev–Trinajstić information content (AvgIpc) is 2.44. The number of rotatable bonds is 3. The monoisotopic (exact) mass is 375 g/mol. The molecule has 16 heavy (non-hydrogen) atoms. The van der Waals surface area contributed by atoms with E-state index in [9.17, 15) is 13.2 Å². The maximum atomic E-state index is 11.5. The van der Waals surface area contributed by atoms with Gasteiger partial charge in [0.15, 0.2) is 9.84 Å². The van der Waals surface area contributed by atoms with E-state index in [2.05, 4.69) is 0 Å². The molecule has 5 nitrogen and oxygen atoms in total. The molecule has 0 spiro atoms. The zero-order valence-corrected chi connectivity index (χ0v) is 12.4. The first-order chi connectivity index (χ1) is 7.29. The van der Waals surface area contributed by atoms with Crippen LogP contribution in [0.5, 0.6) is 0 Å². The minimum atomic E-state index is -3.40. The predicted molar refractivity (Wildman–Crippen MR) is 70.5 cm³/mol. The summed E-state index contributed by atoms with van der Waals surface area (Å²) in [7, 11) is -3.40. The molecule has 2 N–H and O–H groups in total. The van der Waals surface area contributed by atoms with Crippen LogP contribution >= 0.6 is 33.9 Å². The number of sulfone groups is 1. The highest BCUT2D eigenvalue weighted by Gasteiger charge is 2.25. The second kappa shape index (κ2) is 4.88. The molecule has 1 rings (SSSR count). The summed E-state index contributed by atoms with van der Waals surface area (Å²) in [6.45, 7) is 1.92. The molecular formula is C8H10INO4S2. The number of anilines is 1. The summed E-state index contributed by atoms with van der Waals surface area (Å²) in [5.41, 5.74) is 5.76. The average molecular weight is 375 g/mol. The van der Waals surface area contributed by atoms with Crippen molar-refractivity contribution in [1.29, 1.82) is 0 Å². The molecule has 0 aliphatic heterocycles. The summed E-state index contributed by atoms with van der Waals surface area (Å²) in [4.78, 5) is 11.7. The zero-order valence-electron chi connectivity index (χ0n) is 8.61. The van der Waals surface area contributed by atoms with Crippen molar-refractivity contribution >= 4 is 55.4 Å². The first kappa shape index (κ1) is 13.7. The lowest BCUT2D eigenvalue weighted by atomic mass is 10.4. The van der Waals surface area contributed by atoms with Crippen LogP contribution in [0.1, 0.15) is 16.6 Å². The highest BCUT2D eigenvalue weighted by Crippen LogP contribution is 2.35. The fraction of sp³-hybridized carbons (Fsp3) is 0.375. The third-order valence-electron chi connectivity index (χ3n) is 1.65. The van der Waals surface area contributed by atoms with E-state index in [1.165, 1.54) is 0 Å². The zero-order chi connectivity index (χ0) is 12.5. The number of esters is 1. The lowest BCUT2D eigenvalue weighted by Gasteiger charge is -1.98. The molecule has 0 aliphatic rings. The summed E-state index contributed by atoms with van der Waals surface area (Å²) < 4.78 is 28.0. The van der Waals surface area contributed by atoms with Gasteiger partial charge in [-0.15, -0.1) is 11.3 Å². The largest absolute Gasteiger partial charge is 0.462 e. The van der Waals surface area contributed by atoms with Gasteiger partial charge in [-0.25, -0.2) is 13.2 Å². The van der Waals surface area contributed by atoms with E-state index in [0.29, 0.717) is 3.57 Å². The van der Waals surface area contributed by atoms with Gasteiger partial charge in [-0.1, -0.05) is 0 Å². The van der Waals surface area contributed by atoms with Crippen LogP contribution < -0.4 is 5.73 Å². The van der Waals surface area contributed by atoms with E-state index in [0.717, 1.165) is 17.6 Å². The number of hydrogen-bond donors (Lipinski definition) is 1. The Morgan fingerprint density at radius 1 is 1.56 bits per heavy atom. The van der Waals surface area contributed by atoms with E-state index in [1.807, 2.05) is 22.6 Å². The van der Waals surface area contributed by atoms with Gasteiger partial charge in [-0.3, -0.25) is 0 Å². The molecular weight excluding hydrogens is 365 g/mol. The van der Waals surface area contributed by atoms with Gasteiger partial charge in [0.1, 0.15) is 9.09 Å². The second-order valence-electron chi connectivity index (χ2n) is 2.94. The van der Waals surface area contributed by atoms with E-state index in [4.69, 9.17) is 10.5 Å². The Bertz CT molecular complexity index is 520. The fourth-order valence-electron chi connectivity index (χ4n) is 1.01. The number of hydrogen-bond acceptors (Lipinski definition) is 6. The topological polar surface area (TPSA) is 86.5 Å². The minimum Gasteiger partial charge on any atom is -0.462 e. The summed E-state index contributed by atoms with van der Waals surface area (Å²) in [5.74, 6) is -0.543. The van der Waals surface area contributed by atoms with Crippen molar-refractivity contribution in [3.8, 4) is 0 Å². The Kier molecular flexibility index (Phi) is 4.18. The number of nitrogen functional groups attached to an aromatic ring is 1. The van der Waals surface area contributed by atoms with Crippen molar-refractivity contribution < 1.29 is 17.9 Å². The molecule has 1 aromatic rings. The number of thiophene rings is 1. The van der Waals surface area contributed by atoms with Gasteiger partial charge in [0, 0.05) is 6.26 Å². The molecule has 0 bridgehead atoms. The Labute approximate surface area is 111 Å². The maximum Gasteiger partial charge on any atom is 0.349 e. The van der Waals surface area contributed by atoms with Gasteiger partial charge in [0.25, 0.3) is 0 Å². The van der Waals surface area contributed by atoms with E-state index >= 15 is 0 Å². The van der Waals surface area contributed by atoms with E-state index in [1.54, 1.807) is 6.92 Å². The third-order valence-corrected chi connectivity index (χ3v) is 6.17. The molecule has 0 unspecified atom stereocenters. The summed E-state index contributed by atoms with van der Waals surface area (Å²) in [5, 5.41) is 0. The van der Waals surface area contributed by atoms with Crippen LogP contribution in [0.3, 0.4) is 0 Å². The lowest BCUT2D eigenvalue weighted by molar-refractivity contribution is 0.0531. The molecule has 0 saturated carbocycles. The first-order valence-corrected chi connectivity index (χ1v) is 8.02. The van der Waals surface area contributed by atoms with Gasteiger partial charge in [0.2, 0.25) is 0 Å². The van der Waals surface area contributed by atoms with E-state index < -0.39 is 15.8 Å². The third kappa shape index (κ3) is 2.66. The smallest absolute Gasteiger partial charge is 0.349 e. The van der Waals surface area contributed by atoms with Gasteiger partial charge < -0.3 is 10.5 Å². The normalized spacial score (nSPS) is 11.4. The Hall–Kier alpha value is -0.350. The van der Waals surface area contributed by atoms with Crippen molar-refractivity contribution in [1.82, 2.24) is 0 Å². The summed E-state index contributed by atoms with van der Waals surface area (Å²) in [6.07, 6.45) is 1.06. The van der Waals surface area contributed by atoms with Crippen molar-refractivity contribution in [3.63, 3.8) is 0 Å². The van der Waals surface area contributed by atoms with Crippen molar-refractivity contribution in [2.45, 2.75) is 11.1 Å². The number of nitrogens with two attached hydrogens (primary N) is 1. The molecule has 0 atom stereocenters.